The van der Waals surface area contributed by atoms with Crippen molar-refractivity contribution < 1.29 is 9.59 Å². The first kappa shape index (κ1) is 19.7. The van der Waals surface area contributed by atoms with E-state index >= 15 is 0 Å². The molecule has 2 heterocycles. The fraction of sp³-hybridized carbons (Fsp3) is 0.211. The largest absolute Gasteiger partial charge is 0.339 e. The van der Waals surface area contributed by atoms with Gasteiger partial charge in [-0.2, -0.15) is 0 Å². The molecule has 0 aliphatic heterocycles. The monoisotopic (exact) mass is 463 g/mol. The third-order valence-corrected chi connectivity index (χ3v) is 6.64. The lowest BCUT2D eigenvalue weighted by atomic mass is 10.1. The molecule has 3 rings (SSSR count). The highest BCUT2D eigenvalue weighted by molar-refractivity contribution is 9.10. The minimum Gasteiger partial charge on any atom is -0.339 e. The SMILES string of the molecule is CCN(CC)C(=O)c1cccc(NC(=O)c2csc(-c3cc(Br)cs3)n2)c1. The zero-order chi connectivity index (χ0) is 19.4. The quantitative estimate of drug-likeness (QED) is 0.534. The lowest BCUT2D eigenvalue weighted by Gasteiger charge is -2.18. The lowest BCUT2D eigenvalue weighted by Crippen LogP contribution is -2.30. The van der Waals surface area contributed by atoms with Crippen LogP contribution in [0.25, 0.3) is 9.88 Å². The van der Waals surface area contributed by atoms with E-state index in [9.17, 15) is 9.59 Å². The summed E-state index contributed by atoms with van der Waals surface area (Å²) in [5.74, 6) is -0.337. The second-order valence-electron chi connectivity index (χ2n) is 5.68. The average molecular weight is 464 g/mol. The number of thiophene rings is 1. The number of hydrogen-bond donors (Lipinski definition) is 1. The predicted molar refractivity (Wildman–Crippen MR) is 115 cm³/mol. The topological polar surface area (TPSA) is 62.3 Å². The zero-order valence-electron chi connectivity index (χ0n) is 14.9. The van der Waals surface area contributed by atoms with Gasteiger partial charge in [-0.1, -0.05) is 6.07 Å². The molecule has 0 saturated heterocycles. The Morgan fingerprint density at radius 3 is 2.59 bits per heavy atom. The second kappa shape index (κ2) is 8.77. The normalized spacial score (nSPS) is 10.6. The number of rotatable bonds is 6. The number of carbonyl (C=O) groups excluding carboxylic acids is 2. The molecular weight excluding hydrogens is 446 g/mol. The summed E-state index contributed by atoms with van der Waals surface area (Å²) >= 11 is 6.43. The molecule has 2 aromatic heterocycles. The number of hydrogen-bond acceptors (Lipinski definition) is 5. The number of thiazole rings is 1. The summed E-state index contributed by atoms with van der Waals surface area (Å²) in [4.78, 5) is 32.2. The van der Waals surface area contributed by atoms with Gasteiger partial charge in [-0.15, -0.1) is 22.7 Å². The Morgan fingerprint density at radius 1 is 1.15 bits per heavy atom. The van der Waals surface area contributed by atoms with E-state index in [0.717, 1.165) is 14.4 Å². The molecule has 5 nitrogen and oxygen atoms in total. The van der Waals surface area contributed by atoms with Crippen LogP contribution >= 0.6 is 38.6 Å². The van der Waals surface area contributed by atoms with Crippen LogP contribution in [0.4, 0.5) is 5.69 Å². The van der Waals surface area contributed by atoms with Gasteiger partial charge >= 0.3 is 0 Å². The minimum atomic E-state index is -0.291. The lowest BCUT2D eigenvalue weighted by molar-refractivity contribution is 0.0772. The first-order chi connectivity index (χ1) is 13.0. The summed E-state index contributed by atoms with van der Waals surface area (Å²) in [6.07, 6.45) is 0. The number of nitrogens with one attached hydrogen (secondary N) is 1. The van der Waals surface area contributed by atoms with Gasteiger partial charge in [0.1, 0.15) is 10.7 Å². The maximum absolute atomic E-state index is 12.5. The van der Waals surface area contributed by atoms with E-state index < -0.39 is 0 Å². The van der Waals surface area contributed by atoms with Crippen LogP contribution in [0.15, 0.2) is 45.6 Å². The van der Waals surface area contributed by atoms with Crippen molar-refractivity contribution in [2.45, 2.75) is 13.8 Å². The molecule has 8 heteroatoms. The fourth-order valence-electron chi connectivity index (χ4n) is 2.53. The standard InChI is InChI=1S/C19H18BrN3O2S2/c1-3-23(4-2)19(25)12-6-5-7-14(8-12)21-17(24)15-11-27-18(22-15)16-9-13(20)10-26-16/h5-11H,3-4H2,1-2H3,(H,21,24). The molecule has 140 valence electrons. The molecule has 0 aliphatic carbocycles. The van der Waals surface area contributed by atoms with Crippen LogP contribution in [-0.2, 0) is 0 Å². The van der Waals surface area contributed by atoms with Gasteiger partial charge < -0.3 is 10.2 Å². The Balaban J connectivity index is 1.74. The number of halogens is 1. The van der Waals surface area contributed by atoms with E-state index in [2.05, 4.69) is 26.2 Å². The summed E-state index contributed by atoms with van der Waals surface area (Å²) in [7, 11) is 0. The van der Waals surface area contributed by atoms with Crippen molar-refractivity contribution in [1.82, 2.24) is 9.88 Å². The summed E-state index contributed by atoms with van der Waals surface area (Å²) in [6, 6.07) is 8.96. The predicted octanol–water partition coefficient (Wildman–Crippen LogP) is 5.37. The van der Waals surface area contributed by atoms with Gasteiger partial charge in [-0.3, -0.25) is 9.59 Å². The molecule has 0 aliphatic rings. The third-order valence-electron chi connectivity index (χ3n) is 3.93. The number of aromatic nitrogens is 1. The third kappa shape index (κ3) is 4.63. The molecule has 1 aromatic carbocycles. The number of anilines is 1. The Hall–Kier alpha value is -2.03. The molecule has 0 atom stereocenters. The average Bonchev–Trinajstić information content (AvgIpc) is 3.32. The van der Waals surface area contributed by atoms with Crippen LogP contribution in [0.3, 0.4) is 0 Å². The van der Waals surface area contributed by atoms with Crippen LogP contribution in [-0.4, -0.2) is 34.8 Å². The Labute approximate surface area is 174 Å². The van der Waals surface area contributed by atoms with Gasteiger partial charge in [-0.25, -0.2) is 4.98 Å². The molecule has 0 bridgehead atoms. The van der Waals surface area contributed by atoms with Gasteiger partial charge in [0.15, 0.2) is 0 Å². The first-order valence-electron chi connectivity index (χ1n) is 8.42. The molecule has 0 radical (unpaired) electrons. The second-order valence-corrected chi connectivity index (χ2v) is 8.36. The van der Waals surface area contributed by atoms with E-state index in [-0.39, 0.29) is 11.8 Å². The van der Waals surface area contributed by atoms with Gasteiger partial charge in [0.2, 0.25) is 0 Å². The van der Waals surface area contributed by atoms with Gasteiger partial charge in [0.05, 0.1) is 4.88 Å². The highest BCUT2D eigenvalue weighted by Gasteiger charge is 2.16. The summed E-state index contributed by atoms with van der Waals surface area (Å²) in [5.41, 5.74) is 1.49. The van der Waals surface area contributed by atoms with Crippen molar-refractivity contribution in [2.24, 2.45) is 0 Å². The van der Waals surface area contributed by atoms with E-state index in [1.807, 2.05) is 25.3 Å². The number of nitrogens with zero attached hydrogens (tertiary/aromatic N) is 2. The Morgan fingerprint density at radius 2 is 1.93 bits per heavy atom. The minimum absolute atomic E-state index is 0.0460. The summed E-state index contributed by atoms with van der Waals surface area (Å²) in [6.45, 7) is 5.18. The summed E-state index contributed by atoms with van der Waals surface area (Å²) < 4.78 is 0.999. The molecule has 2 amide bonds. The maximum Gasteiger partial charge on any atom is 0.275 e. The smallest absolute Gasteiger partial charge is 0.275 e. The van der Waals surface area contributed by atoms with E-state index in [4.69, 9.17) is 0 Å². The summed E-state index contributed by atoms with van der Waals surface area (Å²) in [5, 5.41) is 7.35. The van der Waals surface area contributed by atoms with Crippen molar-refractivity contribution in [3.05, 3.63) is 56.8 Å². The van der Waals surface area contributed by atoms with Crippen molar-refractivity contribution in [2.75, 3.05) is 18.4 Å². The van der Waals surface area contributed by atoms with Crippen LogP contribution in [0.5, 0.6) is 0 Å². The van der Waals surface area contributed by atoms with E-state index in [1.165, 1.54) is 11.3 Å². The van der Waals surface area contributed by atoms with Crippen molar-refractivity contribution >= 4 is 56.1 Å². The number of carbonyl (C=O) groups is 2. The molecule has 0 fully saturated rings. The molecule has 0 unspecified atom stereocenters. The Bertz CT molecular complexity index is 963. The van der Waals surface area contributed by atoms with Crippen LogP contribution < -0.4 is 5.32 Å². The molecule has 3 aromatic rings. The van der Waals surface area contributed by atoms with Crippen LogP contribution in [0.1, 0.15) is 34.7 Å². The van der Waals surface area contributed by atoms with Crippen LogP contribution in [0.2, 0.25) is 0 Å². The highest BCUT2D eigenvalue weighted by atomic mass is 79.9. The van der Waals surface area contributed by atoms with E-state index in [0.29, 0.717) is 30.0 Å². The van der Waals surface area contributed by atoms with Crippen molar-refractivity contribution in [3.8, 4) is 9.88 Å². The van der Waals surface area contributed by atoms with E-state index in [1.54, 1.807) is 45.9 Å². The number of benzene rings is 1. The molecule has 0 spiro atoms. The zero-order valence-corrected chi connectivity index (χ0v) is 18.1. The molecular formula is C19H18BrN3O2S2. The van der Waals surface area contributed by atoms with Crippen LogP contribution in [0, 0.1) is 0 Å². The van der Waals surface area contributed by atoms with Crippen molar-refractivity contribution in [3.63, 3.8) is 0 Å². The van der Waals surface area contributed by atoms with Gasteiger partial charge in [0.25, 0.3) is 11.8 Å². The molecule has 0 saturated carbocycles. The first-order valence-corrected chi connectivity index (χ1v) is 11.0. The fourth-order valence-corrected chi connectivity index (χ4v) is 4.84. The Kier molecular flexibility index (Phi) is 6.41. The number of amides is 2. The maximum atomic E-state index is 12.5. The van der Waals surface area contributed by atoms with Crippen molar-refractivity contribution in [1.29, 1.82) is 0 Å². The molecule has 1 N–H and O–H groups in total. The highest BCUT2D eigenvalue weighted by Crippen LogP contribution is 2.32. The molecule has 27 heavy (non-hydrogen) atoms. The van der Waals surface area contributed by atoms with Gasteiger partial charge in [-0.05, 0) is 54.0 Å². The van der Waals surface area contributed by atoms with Gasteiger partial charge in [0, 0.05) is 39.6 Å².